The zero-order chi connectivity index (χ0) is 30.3. The predicted octanol–water partition coefficient (Wildman–Crippen LogP) is 8.26. The van der Waals surface area contributed by atoms with E-state index in [1.807, 2.05) is 42.5 Å². The molecule has 4 aromatic carbocycles. The van der Waals surface area contributed by atoms with Gasteiger partial charge in [-0.05, 0) is 69.2 Å². The predicted molar refractivity (Wildman–Crippen MR) is 177 cm³/mol. The first-order valence-electron chi connectivity index (χ1n) is 14.9. The largest absolute Gasteiger partial charge is 0.475 e. The Balaban J connectivity index is 1.26. The van der Waals surface area contributed by atoms with E-state index in [1.54, 1.807) is 0 Å². The van der Waals surface area contributed by atoms with Gasteiger partial charge in [-0.25, -0.2) is 20.0 Å². The monoisotopic (exact) mass is 578 g/mol. The van der Waals surface area contributed by atoms with Crippen molar-refractivity contribution in [2.45, 2.75) is 38.8 Å². The average molecular weight is 579 g/mol. The molecule has 6 nitrogen and oxygen atoms in total. The second-order valence-corrected chi connectivity index (χ2v) is 12.6. The first kappa shape index (κ1) is 27.7. The smallest absolute Gasteiger partial charge is 0.216 e. The van der Waals surface area contributed by atoms with Crippen LogP contribution < -0.4 is 0 Å². The van der Waals surface area contributed by atoms with Gasteiger partial charge in [0.25, 0.3) is 0 Å². The van der Waals surface area contributed by atoms with Gasteiger partial charge >= 0.3 is 0 Å². The summed E-state index contributed by atoms with van der Waals surface area (Å²) >= 11 is 0. The van der Waals surface area contributed by atoms with E-state index in [4.69, 9.17) is 29.4 Å². The van der Waals surface area contributed by atoms with Crippen molar-refractivity contribution in [1.82, 2.24) is 9.97 Å². The van der Waals surface area contributed by atoms with Gasteiger partial charge in [-0.3, -0.25) is 0 Å². The van der Waals surface area contributed by atoms with Gasteiger partial charge in [0, 0.05) is 27.8 Å². The SMILES string of the molecule is CC1(C)COC(c2ccc(-c3cc(-c4ccc(-c5ccccc5)cc4)nc(-c4ccc(C5=NC(C)(C)CO5)cc4)n3)cc2)=N1. The van der Waals surface area contributed by atoms with Gasteiger partial charge in [0.05, 0.1) is 22.5 Å². The molecular formula is C38H34N4O2. The van der Waals surface area contributed by atoms with Crippen LogP contribution in [0.25, 0.3) is 45.0 Å². The van der Waals surface area contributed by atoms with Crippen LogP contribution in [0.15, 0.2) is 119 Å². The molecule has 0 spiro atoms. The number of ether oxygens (including phenoxy) is 2. The van der Waals surface area contributed by atoms with E-state index < -0.39 is 0 Å². The molecule has 6 heteroatoms. The number of aliphatic imine (C=N–C) groups is 2. The average Bonchev–Trinajstić information content (AvgIpc) is 3.62. The molecule has 0 radical (unpaired) electrons. The molecule has 3 heterocycles. The van der Waals surface area contributed by atoms with Gasteiger partial charge in [-0.15, -0.1) is 0 Å². The van der Waals surface area contributed by atoms with Crippen LogP contribution in [-0.4, -0.2) is 46.1 Å². The van der Waals surface area contributed by atoms with Crippen molar-refractivity contribution in [2.75, 3.05) is 13.2 Å². The minimum absolute atomic E-state index is 0.206. The molecule has 2 aliphatic heterocycles. The quantitative estimate of drug-likeness (QED) is 0.203. The zero-order valence-corrected chi connectivity index (χ0v) is 25.4. The Kier molecular flexibility index (Phi) is 6.85. The van der Waals surface area contributed by atoms with Gasteiger partial charge in [0.2, 0.25) is 11.8 Å². The summed E-state index contributed by atoms with van der Waals surface area (Å²) in [5, 5.41) is 0. The van der Waals surface area contributed by atoms with Gasteiger partial charge in [0.15, 0.2) is 5.82 Å². The molecule has 0 fully saturated rings. The molecule has 44 heavy (non-hydrogen) atoms. The minimum Gasteiger partial charge on any atom is -0.475 e. The van der Waals surface area contributed by atoms with Crippen molar-refractivity contribution in [2.24, 2.45) is 9.98 Å². The number of hydrogen-bond donors (Lipinski definition) is 0. The minimum atomic E-state index is -0.210. The van der Waals surface area contributed by atoms with Gasteiger partial charge in [-0.2, -0.15) is 0 Å². The summed E-state index contributed by atoms with van der Waals surface area (Å²) in [6.45, 7) is 9.46. The van der Waals surface area contributed by atoms with Crippen LogP contribution in [-0.2, 0) is 9.47 Å². The van der Waals surface area contributed by atoms with E-state index in [1.165, 1.54) is 5.56 Å². The van der Waals surface area contributed by atoms with Crippen molar-refractivity contribution in [3.8, 4) is 45.0 Å². The third-order valence-electron chi connectivity index (χ3n) is 7.76. The molecule has 0 unspecified atom stereocenters. The Morgan fingerprint density at radius 2 is 0.841 bits per heavy atom. The van der Waals surface area contributed by atoms with Crippen molar-refractivity contribution in [3.63, 3.8) is 0 Å². The summed E-state index contributed by atoms with van der Waals surface area (Å²) in [5.74, 6) is 2.01. The van der Waals surface area contributed by atoms with E-state index >= 15 is 0 Å². The van der Waals surface area contributed by atoms with E-state index in [0.29, 0.717) is 30.8 Å². The number of benzene rings is 4. The van der Waals surface area contributed by atoms with Crippen molar-refractivity contribution in [3.05, 3.63) is 120 Å². The van der Waals surface area contributed by atoms with Crippen LogP contribution >= 0.6 is 0 Å². The van der Waals surface area contributed by atoms with Crippen LogP contribution in [0.4, 0.5) is 0 Å². The second kappa shape index (κ2) is 10.9. The summed E-state index contributed by atoms with van der Waals surface area (Å²) in [7, 11) is 0. The molecule has 5 aromatic rings. The topological polar surface area (TPSA) is 69.0 Å². The maximum atomic E-state index is 5.86. The van der Waals surface area contributed by atoms with E-state index in [9.17, 15) is 0 Å². The maximum absolute atomic E-state index is 5.86. The molecule has 0 saturated heterocycles. The lowest BCUT2D eigenvalue weighted by molar-refractivity contribution is 0.279. The number of rotatable bonds is 6. The van der Waals surface area contributed by atoms with Crippen LogP contribution in [0.3, 0.4) is 0 Å². The van der Waals surface area contributed by atoms with Crippen molar-refractivity contribution < 1.29 is 9.47 Å². The van der Waals surface area contributed by atoms with Crippen molar-refractivity contribution >= 4 is 11.8 Å². The molecule has 0 N–H and O–H groups in total. The van der Waals surface area contributed by atoms with E-state index in [0.717, 1.165) is 44.8 Å². The lowest BCUT2D eigenvalue weighted by atomic mass is 10.0. The standard InChI is InChI=1S/C38H34N4O2/c1-37(2)23-43-35(41-37)30-18-14-28(15-19-30)33-22-32(27-12-10-26(11-13-27)25-8-6-5-7-9-25)39-34(40-33)29-16-20-31(21-17-29)36-42-38(3,4)24-44-36/h5-22H,23-24H2,1-4H3. The zero-order valence-electron chi connectivity index (χ0n) is 25.4. The Morgan fingerprint density at radius 1 is 0.455 bits per heavy atom. The highest BCUT2D eigenvalue weighted by molar-refractivity contribution is 5.96. The lowest BCUT2D eigenvalue weighted by Crippen LogP contribution is -2.17. The fourth-order valence-electron chi connectivity index (χ4n) is 5.35. The second-order valence-electron chi connectivity index (χ2n) is 12.6. The maximum Gasteiger partial charge on any atom is 0.216 e. The molecule has 1 aromatic heterocycles. The summed E-state index contributed by atoms with van der Waals surface area (Å²) in [6, 6.07) is 37.3. The van der Waals surface area contributed by atoms with E-state index in [2.05, 4.69) is 94.4 Å². The lowest BCUT2D eigenvalue weighted by Gasteiger charge is -2.11. The Morgan fingerprint density at radius 3 is 1.27 bits per heavy atom. The first-order chi connectivity index (χ1) is 21.2. The molecule has 0 saturated carbocycles. The number of hydrogen-bond acceptors (Lipinski definition) is 6. The fourth-order valence-corrected chi connectivity index (χ4v) is 5.35. The number of aromatic nitrogens is 2. The molecular weight excluding hydrogens is 544 g/mol. The highest BCUT2D eigenvalue weighted by Crippen LogP contribution is 2.31. The van der Waals surface area contributed by atoms with Crippen LogP contribution in [0, 0.1) is 0 Å². The third kappa shape index (κ3) is 5.76. The van der Waals surface area contributed by atoms with Crippen molar-refractivity contribution in [1.29, 1.82) is 0 Å². The van der Waals surface area contributed by atoms with Gasteiger partial charge < -0.3 is 9.47 Å². The van der Waals surface area contributed by atoms with Crippen LogP contribution in [0.2, 0.25) is 0 Å². The Labute approximate surface area is 258 Å². The molecule has 0 atom stereocenters. The summed E-state index contributed by atoms with van der Waals surface area (Å²) in [5.41, 5.74) is 8.46. The van der Waals surface area contributed by atoms with E-state index in [-0.39, 0.29) is 11.1 Å². The molecule has 7 rings (SSSR count). The first-order valence-corrected chi connectivity index (χ1v) is 14.9. The van der Waals surface area contributed by atoms with Gasteiger partial charge in [0.1, 0.15) is 13.2 Å². The van der Waals surface area contributed by atoms with Crippen LogP contribution in [0.5, 0.6) is 0 Å². The highest BCUT2D eigenvalue weighted by atomic mass is 16.5. The summed E-state index contributed by atoms with van der Waals surface area (Å²) < 4.78 is 11.7. The highest BCUT2D eigenvalue weighted by Gasteiger charge is 2.28. The third-order valence-corrected chi connectivity index (χ3v) is 7.76. The molecule has 0 aliphatic carbocycles. The Bertz CT molecular complexity index is 1780. The van der Waals surface area contributed by atoms with Gasteiger partial charge in [-0.1, -0.05) is 78.9 Å². The van der Waals surface area contributed by atoms with Crippen LogP contribution in [0.1, 0.15) is 38.8 Å². The molecule has 0 amide bonds. The number of nitrogens with zero attached hydrogens (tertiary/aromatic N) is 4. The molecule has 218 valence electrons. The normalized spacial score (nSPS) is 16.5. The summed E-state index contributed by atoms with van der Waals surface area (Å²) in [4.78, 5) is 19.5. The molecule has 2 aliphatic rings. The Hall–Kier alpha value is -5.10. The summed E-state index contributed by atoms with van der Waals surface area (Å²) in [6.07, 6.45) is 0. The molecule has 0 bridgehead atoms. The fraction of sp³-hybridized carbons (Fsp3) is 0.211.